The maximum Gasteiger partial charge on any atom is 0.128 e. The lowest BCUT2D eigenvalue weighted by molar-refractivity contribution is 0.396. The molecule has 2 heteroatoms. The number of benzene rings is 6. The van der Waals surface area contributed by atoms with Crippen molar-refractivity contribution in [3.63, 3.8) is 0 Å². The van der Waals surface area contributed by atoms with Gasteiger partial charge >= 0.3 is 0 Å². The highest BCUT2D eigenvalue weighted by atomic mass is 15.3. The molecule has 2 aliphatic carbocycles. The van der Waals surface area contributed by atoms with Crippen LogP contribution in [0.5, 0.6) is 0 Å². The van der Waals surface area contributed by atoms with E-state index in [1.807, 2.05) is 0 Å². The van der Waals surface area contributed by atoms with Crippen LogP contribution in [0.2, 0.25) is 0 Å². The highest BCUT2D eigenvalue weighted by molar-refractivity contribution is 6.17. The first-order valence-electron chi connectivity index (χ1n) is 16.0. The molecule has 212 valence electrons. The Bertz CT molecular complexity index is 2380. The summed E-state index contributed by atoms with van der Waals surface area (Å²) in [7, 11) is 0. The molecule has 2 unspecified atom stereocenters. The topological polar surface area (TPSA) is 15.6 Å². The Labute approximate surface area is 262 Å². The van der Waals surface area contributed by atoms with E-state index in [-0.39, 0.29) is 12.1 Å². The summed E-state index contributed by atoms with van der Waals surface area (Å²) in [5, 5.41) is 8.14. The van der Waals surface area contributed by atoms with Crippen molar-refractivity contribution in [3.8, 4) is 11.1 Å². The SMILES string of the molecule is C1=CC2=NC(c3ccc4ccccc4c3)C(c3ccc(-c4cc5c6c(c7c8c(cccc8c6c4)C=CC7)CC=C5)cc3)N2C=C1. The lowest BCUT2D eigenvalue weighted by Gasteiger charge is -2.29. The smallest absolute Gasteiger partial charge is 0.128 e. The van der Waals surface area contributed by atoms with E-state index < -0.39 is 0 Å². The van der Waals surface area contributed by atoms with Gasteiger partial charge in [0, 0.05) is 6.20 Å². The standard InChI is InChI=1S/C43H30N2/c1-2-9-31-24-33(22-19-27(31)8-1)42-43(45-23-4-3-16-39(45)44-42)30-20-17-28(18-21-30)34-25-32-12-7-14-36-35-13-5-10-29-11-6-15-37(40(29)35)38(26-34)41(32)36/h1-12,15-26,42-43H,13-14H2. The van der Waals surface area contributed by atoms with Crippen molar-refractivity contribution in [1.29, 1.82) is 0 Å². The van der Waals surface area contributed by atoms with Crippen LogP contribution in [0, 0.1) is 0 Å². The summed E-state index contributed by atoms with van der Waals surface area (Å²) < 4.78 is 0. The highest BCUT2D eigenvalue weighted by Gasteiger charge is 2.37. The van der Waals surface area contributed by atoms with E-state index in [9.17, 15) is 0 Å². The summed E-state index contributed by atoms with van der Waals surface area (Å²) in [5.74, 6) is 1.02. The second kappa shape index (κ2) is 9.51. The Morgan fingerprint density at radius 2 is 1.36 bits per heavy atom. The minimum Gasteiger partial charge on any atom is -0.323 e. The zero-order chi connectivity index (χ0) is 29.5. The highest BCUT2D eigenvalue weighted by Crippen LogP contribution is 2.46. The van der Waals surface area contributed by atoms with Crippen molar-refractivity contribution in [2.24, 2.45) is 4.99 Å². The van der Waals surface area contributed by atoms with Crippen LogP contribution in [-0.4, -0.2) is 10.7 Å². The maximum atomic E-state index is 5.24. The predicted molar refractivity (Wildman–Crippen MR) is 189 cm³/mol. The molecule has 0 spiro atoms. The molecule has 10 rings (SSSR count). The fraction of sp³-hybridized carbons (Fsp3) is 0.0930. The minimum absolute atomic E-state index is 0.0129. The van der Waals surface area contributed by atoms with E-state index in [1.165, 1.54) is 76.8 Å². The van der Waals surface area contributed by atoms with Crippen molar-refractivity contribution in [2.45, 2.75) is 24.9 Å². The van der Waals surface area contributed by atoms with Gasteiger partial charge in [-0.25, -0.2) is 0 Å². The molecule has 0 fully saturated rings. The molecule has 45 heavy (non-hydrogen) atoms. The van der Waals surface area contributed by atoms with Gasteiger partial charge in [0.2, 0.25) is 0 Å². The number of nitrogens with zero attached hydrogens (tertiary/aromatic N) is 2. The summed E-state index contributed by atoms with van der Waals surface area (Å²) >= 11 is 0. The van der Waals surface area contributed by atoms with E-state index >= 15 is 0 Å². The Kier molecular flexibility index (Phi) is 5.27. The number of amidine groups is 1. The molecule has 0 amide bonds. The summed E-state index contributed by atoms with van der Waals surface area (Å²) in [6.07, 6.45) is 19.8. The molecule has 0 radical (unpaired) electrons. The lowest BCUT2D eigenvalue weighted by atomic mass is 9.80. The van der Waals surface area contributed by atoms with Crippen molar-refractivity contribution in [2.75, 3.05) is 0 Å². The van der Waals surface area contributed by atoms with Gasteiger partial charge in [-0.15, -0.1) is 0 Å². The number of allylic oxidation sites excluding steroid dienone is 4. The van der Waals surface area contributed by atoms with Crippen molar-refractivity contribution >= 4 is 50.3 Å². The van der Waals surface area contributed by atoms with Gasteiger partial charge in [0.25, 0.3) is 0 Å². The molecule has 0 saturated heterocycles. The molecule has 2 nitrogen and oxygen atoms in total. The molecule has 0 aromatic heterocycles. The fourth-order valence-corrected chi connectivity index (χ4v) is 8.16. The zero-order valence-corrected chi connectivity index (χ0v) is 24.8. The first kappa shape index (κ1) is 24.9. The van der Waals surface area contributed by atoms with Crippen molar-refractivity contribution in [3.05, 3.63) is 167 Å². The monoisotopic (exact) mass is 574 g/mol. The molecular formula is C43H30N2. The number of hydrogen-bond donors (Lipinski definition) is 0. The average molecular weight is 575 g/mol. The molecule has 2 heterocycles. The Balaban J connectivity index is 1.09. The van der Waals surface area contributed by atoms with Crippen LogP contribution in [0.15, 0.2) is 139 Å². The van der Waals surface area contributed by atoms with E-state index in [0.29, 0.717) is 0 Å². The van der Waals surface area contributed by atoms with E-state index in [2.05, 4.69) is 151 Å². The van der Waals surface area contributed by atoms with Gasteiger partial charge in [-0.05, 0) is 120 Å². The Morgan fingerprint density at radius 1 is 0.578 bits per heavy atom. The molecule has 6 aromatic rings. The van der Waals surface area contributed by atoms with Gasteiger partial charge in [0.05, 0.1) is 6.04 Å². The van der Waals surface area contributed by atoms with Gasteiger partial charge in [-0.1, -0.05) is 109 Å². The second-order valence-electron chi connectivity index (χ2n) is 12.6. The second-order valence-corrected chi connectivity index (χ2v) is 12.6. The molecule has 4 aliphatic rings. The lowest BCUT2D eigenvalue weighted by Crippen LogP contribution is -2.26. The first-order valence-corrected chi connectivity index (χ1v) is 16.0. The van der Waals surface area contributed by atoms with E-state index in [4.69, 9.17) is 4.99 Å². The first-order chi connectivity index (χ1) is 22.3. The molecule has 0 saturated carbocycles. The van der Waals surface area contributed by atoms with Crippen LogP contribution in [0.1, 0.15) is 45.5 Å². The minimum atomic E-state index is 0.0129. The third-order valence-electron chi connectivity index (χ3n) is 10.2. The van der Waals surface area contributed by atoms with Gasteiger partial charge in [0.15, 0.2) is 0 Å². The van der Waals surface area contributed by atoms with Gasteiger partial charge in [-0.3, -0.25) is 4.99 Å². The van der Waals surface area contributed by atoms with Crippen LogP contribution in [0.3, 0.4) is 0 Å². The number of aliphatic imine (C=N–C) groups is 1. The van der Waals surface area contributed by atoms with E-state index in [1.54, 1.807) is 0 Å². The Morgan fingerprint density at radius 3 is 2.22 bits per heavy atom. The van der Waals surface area contributed by atoms with Crippen LogP contribution in [0.4, 0.5) is 0 Å². The van der Waals surface area contributed by atoms with Crippen LogP contribution < -0.4 is 0 Å². The third-order valence-corrected chi connectivity index (χ3v) is 10.2. The van der Waals surface area contributed by atoms with Crippen LogP contribution >= 0.6 is 0 Å². The van der Waals surface area contributed by atoms with Crippen LogP contribution in [-0.2, 0) is 12.8 Å². The molecule has 2 aliphatic heterocycles. The fourth-order valence-electron chi connectivity index (χ4n) is 8.16. The maximum absolute atomic E-state index is 5.24. The van der Waals surface area contributed by atoms with Gasteiger partial charge in [-0.2, -0.15) is 0 Å². The molecular weight excluding hydrogens is 544 g/mol. The normalized spacial score (nSPS) is 19.1. The third kappa shape index (κ3) is 3.72. The largest absolute Gasteiger partial charge is 0.323 e. The van der Waals surface area contributed by atoms with Crippen molar-refractivity contribution in [1.82, 2.24) is 4.90 Å². The van der Waals surface area contributed by atoms with Crippen LogP contribution in [0.25, 0.3) is 55.6 Å². The van der Waals surface area contributed by atoms with Crippen molar-refractivity contribution < 1.29 is 0 Å². The van der Waals surface area contributed by atoms with Gasteiger partial charge in [0.1, 0.15) is 11.9 Å². The summed E-state index contributed by atoms with van der Waals surface area (Å²) in [6.45, 7) is 0. The number of hydrogen-bond acceptors (Lipinski definition) is 2. The summed E-state index contributed by atoms with van der Waals surface area (Å²) in [5.41, 5.74) is 10.7. The van der Waals surface area contributed by atoms with E-state index in [0.717, 1.165) is 18.7 Å². The molecule has 0 N–H and O–H groups in total. The summed E-state index contributed by atoms with van der Waals surface area (Å²) in [6, 6.07) is 36.4. The molecule has 0 bridgehead atoms. The number of rotatable bonds is 3. The molecule has 2 atom stereocenters. The molecule has 6 aromatic carbocycles. The number of fused-ring (bicyclic) bond motifs is 4. The Hall–Kier alpha value is -5.47. The quantitative estimate of drug-likeness (QED) is 0.192. The average Bonchev–Trinajstić information content (AvgIpc) is 3.50. The van der Waals surface area contributed by atoms with Gasteiger partial charge < -0.3 is 4.90 Å². The summed E-state index contributed by atoms with van der Waals surface area (Å²) in [4.78, 5) is 7.58. The zero-order valence-electron chi connectivity index (χ0n) is 24.8. The predicted octanol–water partition coefficient (Wildman–Crippen LogP) is 10.5.